The Bertz CT molecular complexity index is 138. The van der Waals surface area contributed by atoms with Gasteiger partial charge in [-0.1, -0.05) is 37.8 Å². The fraction of sp³-hybridized carbons (Fsp3) is 0.333. The molecule has 0 rings (SSSR count). The van der Waals surface area contributed by atoms with Crippen LogP contribution in [0.25, 0.3) is 0 Å². The molecule has 0 nitrogen and oxygen atoms in total. The van der Waals surface area contributed by atoms with Crippen molar-refractivity contribution >= 4 is 0 Å². The maximum Gasteiger partial charge on any atom is -0.0308 e. The summed E-state index contributed by atoms with van der Waals surface area (Å²) in [7, 11) is 0. The van der Waals surface area contributed by atoms with E-state index in [0.29, 0.717) is 0 Å². The molecule has 0 heteroatoms. The fourth-order valence-electron chi connectivity index (χ4n) is 0.622. The van der Waals surface area contributed by atoms with Gasteiger partial charge in [0.2, 0.25) is 0 Å². The molecule has 0 fully saturated rings. The molecule has 0 heterocycles. The van der Waals surface area contributed by atoms with Gasteiger partial charge in [0.15, 0.2) is 0 Å². The Morgan fingerprint density at radius 3 is 2.22 bits per heavy atom. The van der Waals surface area contributed by atoms with Gasteiger partial charge >= 0.3 is 0 Å². The molecule has 9 heavy (non-hydrogen) atoms. The molecule has 0 N–H and O–H groups in total. The summed E-state index contributed by atoms with van der Waals surface area (Å²) in [6.45, 7) is 11.5. The van der Waals surface area contributed by atoms with Crippen molar-refractivity contribution in [2.45, 2.75) is 20.3 Å². The molecule has 50 valence electrons. The second-order valence-electron chi connectivity index (χ2n) is 2.12. The molecule has 0 bridgehead atoms. The fourth-order valence-corrected chi connectivity index (χ4v) is 0.622. The first kappa shape index (κ1) is 8.22. The van der Waals surface area contributed by atoms with E-state index in [1.165, 1.54) is 5.57 Å². The normalized spacial score (nSPS) is 11.1. The summed E-state index contributed by atoms with van der Waals surface area (Å²) in [6.07, 6.45) is 4.96. The van der Waals surface area contributed by atoms with Crippen molar-refractivity contribution in [3.05, 3.63) is 36.5 Å². The molecule has 0 unspecified atom stereocenters. The Labute approximate surface area is 57.6 Å². The standard InChI is InChI=1S/C9H14/c1-5-9(6-2)7-8(3)4/h5,7H,1,3,6H2,2,4H3/b9-7+. The highest BCUT2D eigenvalue weighted by atomic mass is 13.9. The third-order valence-corrected chi connectivity index (χ3v) is 1.10. The van der Waals surface area contributed by atoms with Gasteiger partial charge < -0.3 is 0 Å². The molecule has 0 aliphatic heterocycles. The summed E-state index contributed by atoms with van der Waals surface area (Å²) in [5.74, 6) is 0. The minimum Gasteiger partial charge on any atom is -0.0988 e. The Morgan fingerprint density at radius 1 is 1.56 bits per heavy atom. The minimum atomic E-state index is 1.04. The van der Waals surface area contributed by atoms with Crippen molar-refractivity contribution in [3.8, 4) is 0 Å². The molecule has 0 saturated carbocycles. The van der Waals surface area contributed by atoms with Crippen LogP contribution >= 0.6 is 0 Å². The van der Waals surface area contributed by atoms with Crippen LogP contribution in [0.5, 0.6) is 0 Å². The average Bonchev–Trinajstić information content (AvgIpc) is 1.82. The molecule has 0 radical (unpaired) electrons. The predicted molar refractivity (Wildman–Crippen MR) is 43.4 cm³/mol. The van der Waals surface area contributed by atoms with Crippen molar-refractivity contribution < 1.29 is 0 Å². The first-order valence-corrected chi connectivity index (χ1v) is 3.19. The zero-order valence-corrected chi connectivity index (χ0v) is 6.28. The summed E-state index contributed by atoms with van der Waals surface area (Å²) in [5.41, 5.74) is 2.34. The maximum absolute atomic E-state index is 3.77. The van der Waals surface area contributed by atoms with Gasteiger partial charge in [-0.25, -0.2) is 0 Å². The third kappa shape index (κ3) is 3.77. The first-order valence-electron chi connectivity index (χ1n) is 3.19. The monoisotopic (exact) mass is 122 g/mol. The Hall–Kier alpha value is -0.780. The molecule has 0 amide bonds. The largest absolute Gasteiger partial charge is 0.0988 e. The lowest BCUT2D eigenvalue weighted by Crippen LogP contribution is -1.73. The van der Waals surface area contributed by atoms with Gasteiger partial charge in [0.05, 0.1) is 0 Å². The maximum atomic E-state index is 3.77. The van der Waals surface area contributed by atoms with Crippen LogP contribution in [-0.4, -0.2) is 0 Å². The molecule has 0 saturated heterocycles. The summed E-state index contributed by atoms with van der Waals surface area (Å²) in [4.78, 5) is 0. The molecular weight excluding hydrogens is 108 g/mol. The van der Waals surface area contributed by atoms with E-state index >= 15 is 0 Å². The summed E-state index contributed by atoms with van der Waals surface area (Å²) >= 11 is 0. The predicted octanol–water partition coefficient (Wildman–Crippen LogP) is 3.08. The van der Waals surface area contributed by atoms with E-state index in [4.69, 9.17) is 0 Å². The third-order valence-electron chi connectivity index (χ3n) is 1.10. The second kappa shape index (κ2) is 4.13. The highest BCUT2D eigenvalue weighted by molar-refractivity contribution is 5.25. The number of allylic oxidation sites excluding steroid dienone is 4. The van der Waals surface area contributed by atoms with Gasteiger partial charge in [-0.05, 0) is 18.9 Å². The number of rotatable bonds is 3. The van der Waals surface area contributed by atoms with Gasteiger partial charge in [0, 0.05) is 0 Å². The van der Waals surface area contributed by atoms with Crippen LogP contribution in [0.3, 0.4) is 0 Å². The van der Waals surface area contributed by atoms with E-state index in [-0.39, 0.29) is 0 Å². The molecule has 0 atom stereocenters. The first-order chi connectivity index (χ1) is 4.20. The zero-order valence-electron chi connectivity index (χ0n) is 6.28. The van der Waals surface area contributed by atoms with Crippen LogP contribution in [0.4, 0.5) is 0 Å². The van der Waals surface area contributed by atoms with Crippen molar-refractivity contribution in [2.24, 2.45) is 0 Å². The van der Waals surface area contributed by atoms with Crippen molar-refractivity contribution in [2.75, 3.05) is 0 Å². The number of hydrogen-bond donors (Lipinski definition) is 0. The smallest absolute Gasteiger partial charge is 0.0308 e. The highest BCUT2D eigenvalue weighted by Gasteiger charge is 1.83. The lowest BCUT2D eigenvalue weighted by Gasteiger charge is -1.93. The van der Waals surface area contributed by atoms with E-state index in [0.717, 1.165) is 12.0 Å². The molecular formula is C9H14. The van der Waals surface area contributed by atoms with Crippen molar-refractivity contribution in [1.29, 1.82) is 0 Å². The van der Waals surface area contributed by atoms with Crippen LogP contribution in [0, 0.1) is 0 Å². The van der Waals surface area contributed by atoms with E-state index in [1.807, 2.05) is 19.1 Å². The van der Waals surface area contributed by atoms with Crippen LogP contribution in [0.1, 0.15) is 20.3 Å². The minimum absolute atomic E-state index is 1.04. The second-order valence-corrected chi connectivity index (χ2v) is 2.12. The Morgan fingerprint density at radius 2 is 2.11 bits per heavy atom. The molecule has 0 aromatic carbocycles. The SMILES string of the molecule is C=C/C(=C\C(=C)C)CC. The molecule has 0 aliphatic rings. The van der Waals surface area contributed by atoms with Gasteiger partial charge in [0.25, 0.3) is 0 Å². The highest BCUT2D eigenvalue weighted by Crippen LogP contribution is 2.04. The Kier molecular flexibility index (Phi) is 3.78. The van der Waals surface area contributed by atoms with Crippen molar-refractivity contribution in [1.82, 2.24) is 0 Å². The van der Waals surface area contributed by atoms with Crippen molar-refractivity contribution in [3.63, 3.8) is 0 Å². The van der Waals surface area contributed by atoms with Crippen LogP contribution in [0.15, 0.2) is 36.5 Å². The molecule has 0 aromatic heterocycles. The van der Waals surface area contributed by atoms with Gasteiger partial charge in [-0.15, -0.1) is 0 Å². The number of hydrogen-bond acceptors (Lipinski definition) is 0. The Balaban J connectivity index is 4.07. The van der Waals surface area contributed by atoms with Crippen LogP contribution < -0.4 is 0 Å². The van der Waals surface area contributed by atoms with E-state index < -0.39 is 0 Å². The van der Waals surface area contributed by atoms with Crippen LogP contribution in [-0.2, 0) is 0 Å². The lowest BCUT2D eigenvalue weighted by atomic mass is 10.1. The molecule has 0 spiro atoms. The topological polar surface area (TPSA) is 0 Å². The zero-order chi connectivity index (χ0) is 7.28. The molecule has 0 aliphatic carbocycles. The summed E-state index contributed by atoms with van der Waals surface area (Å²) in [5, 5.41) is 0. The lowest BCUT2D eigenvalue weighted by molar-refractivity contribution is 1.14. The average molecular weight is 122 g/mol. The van der Waals surface area contributed by atoms with Crippen LogP contribution in [0.2, 0.25) is 0 Å². The quantitative estimate of drug-likeness (QED) is 0.504. The molecule has 0 aromatic rings. The summed E-state index contributed by atoms with van der Waals surface area (Å²) in [6, 6.07) is 0. The van der Waals surface area contributed by atoms with Gasteiger partial charge in [-0.2, -0.15) is 0 Å². The van der Waals surface area contributed by atoms with E-state index in [1.54, 1.807) is 0 Å². The van der Waals surface area contributed by atoms with Gasteiger partial charge in [-0.3, -0.25) is 0 Å². The van der Waals surface area contributed by atoms with E-state index in [2.05, 4.69) is 20.1 Å². The van der Waals surface area contributed by atoms with E-state index in [9.17, 15) is 0 Å². The van der Waals surface area contributed by atoms with Gasteiger partial charge in [0.1, 0.15) is 0 Å². The summed E-state index contributed by atoms with van der Waals surface area (Å²) < 4.78 is 0.